The number of ether oxygens (including phenoxy) is 2. The summed E-state index contributed by atoms with van der Waals surface area (Å²) in [5.41, 5.74) is 1.05. The van der Waals surface area contributed by atoms with E-state index in [0.717, 1.165) is 37.4 Å². The van der Waals surface area contributed by atoms with Gasteiger partial charge >= 0.3 is 0 Å². The summed E-state index contributed by atoms with van der Waals surface area (Å²) in [7, 11) is 3.44. The summed E-state index contributed by atoms with van der Waals surface area (Å²) in [6.07, 6.45) is 4.42. The van der Waals surface area contributed by atoms with Gasteiger partial charge in [0.1, 0.15) is 17.6 Å². The van der Waals surface area contributed by atoms with Crippen molar-refractivity contribution in [1.29, 1.82) is 0 Å². The van der Waals surface area contributed by atoms with Gasteiger partial charge in [-0.25, -0.2) is 14.4 Å². The van der Waals surface area contributed by atoms with Crippen LogP contribution >= 0.6 is 0 Å². The summed E-state index contributed by atoms with van der Waals surface area (Å²) < 4.78 is 24.1. The van der Waals surface area contributed by atoms with Crippen LogP contribution in [0.25, 0.3) is 0 Å². The maximum Gasteiger partial charge on any atom is 0.123 e. The van der Waals surface area contributed by atoms with Crippen molar-refractivity contribution in [1.82, 2.24) is 10.0 Å². The highest BCUT2D eigenvalue weighted by Gasteiger charge is 2.38. The van der Waals surface area contributed by atoms with Crippen LogP contribution in [0, 0.1) is 5.82 Å². The summed E-state index contributed by atoms with van der Waals surface area (Å²) in [5.74, 6) is 0.712. The Morgan fingerprint density at radius 1 is 1.18 bits per heavy atom. The molecule has 1 aromatic carbocycles. The second-order valence-electron chi connectivity index (χ2n) is 5.80. The molecule has 1 saturated heterocycles. The van der Waals surface area contributed by atoms with E-state index in [1.807, 2.05) is 12.1 Å². The van der Waals surface area contributed by atoms with Gasteiger partial charge in [0.2, 0.25) is 0 Å². The van der Waals surface area contributed by atoms with Crippen LogP contribution in [-0.4, -0.2) is 50.0 Å². The smallest absolute Gasteiger partial charge is 0.123 e. The summed E-state index contributed by atoms with van der Waals surface area (Å²) in [5, 5.41) is 4.71. The van der Waals surface area contributed by atoms with E-state index in [2.05, 4.69) is 16.1 Å². The first-order valence-electron chi connectivity index (χ1n) is 7.76. The van der Waals surface area contributed by atoms with Crippen molar-refractivity contribution < 1.29 is 13.9 Å². The van der Waals surface area contributed by atoms with Crippen LogP contribution in [0.15, 0.2) is 36.1 Å². The zero-order valence-electron chi connectivity index (χ0n) is 13.2. The fourth-order valence-corrected chi connectivity index (χ4v) is 3.50. The normalized spacial score (nSPS) is 26.4. The molecule has 0 unspecified atom stereocenters. The van der Waals surface area contributed by atoms with E-state index in [0.29, 0.717) is 6.04 Å². The maximum atomic E-state index is 13.2. The largest absolute Gasteiger partial charge is 0.499 e. The topological polar surface area (TPSA) is 24.9 Å². The van der Waals surface area contributed by atoms with Gasteiger partial charge in [0, 0.05) is 26.2 Å². The third kappa shape index (κ3) is 2.89. The van der Waals surface area contributed by atoms with Crippen molar-refractivity contribution >= 4 is 0 Å². The van der Waals surface area contributed by atoms with Gasteiger partial charge in [0.25, 0.3) is 0 Å². The van der Waals surface area contributed by atoms with Gasteiger partial charge in [-0.05, 0) is 36.6 Å². The minimum absolute atomic E-state index is 0.0167. The van der Waals surface area contributed by atoms with Crippen molar-refractivity contribution in [3.05, 3.63) is 47.5 Å². The lowest BCUT2D eigenvalue weighted by Crippen LogP contribution is -2.47. The van der Waals surface area contributed by atoms with E-state index in [1.54, 1.807) is 14.2 Å². The standard InChI is InChI=1S/C17H23FN2O2/c1-21-12-15-4-3-10-19(15)20-11-9-16(22-2)17(20)13-5-7-14(18)8-6-13/h5-9,15,17H,3-4,10-12H2,1-2H3/t15-,17-/m0/s1. The molecule has 0 radical (unpaired) electrons. The van der Waals surface area contributed by atoms with Crippen LogP contribution in [0.2, 0.25) is 0 Å². The average molecular weight is 306 g/mol. The summed E-state index contributed by atoms with van der Waals surface area (Å²) in [4.78, 5) is 0. The molecular weight excluding hydrogens is 283 g/mol. The Balaban J connectivity index is 1.85. The van der Waals surface area contributed by atoms with Gasteiger partial charge in [0.15, 0.2) is 0 Å². The number of rotatable bonds is 5. The SMILES string of the molecule is COC[C@@H]1CCCN1N1CC=C(OC)[C@@H]1c1ccc(F)cc1. The highest BCUT2D eigenvalue weighted by Crippen LogP contribution is 2.37. The fourth-order valence-electron chi connectivity index (χ4n) is 3.50. The van der Waals surface area contributed by atoms with Crippen LogP contribution in [0.1, 0.15) is 24.4 Å². The van der Waals surface area contributed by atoms with Crippen molar-refractivity contribution in [3.8, 4) is 0 Å². The predicted octanol–water partition coefficient (Wildman–Crippen LogP) is 2.74. The third-order valence-electron chi connectivity index (χ3n) is 4.50. The number of halogens is 1. The Morgan fingerprint density at radius 3 is 2.64 bits per heavy atom. The van der Waals surface area contributed by atoms with Crippen molar-refractivity contribution in [2.24, 2.45) is 0 Å². The molecule has 120 valence electrons. The number of benzene rings is 1. The van der Waals surface area contributed by atoms with Crippen LogP contribution in [0.3, 0.4) is 0 Å². The molecule has 2 aliphatic rings. The van der Waals surface area contributed by atoms with Crippen LogP contribution < -0.4 is 0 Å². The summed E-state index contributed by atoms with van der Waals surface area (Å²) in [6, 6.07) is 7.12. The first kappa shape index (κ1) is 15.5. The zero-order chi connectivity index (χ0) is 15.5. The molecule has 2 atom stereocenters. The molecule has 0 bridgehead atoms. The second kappa shape index (κ2) is 6.77. The van der Waals surface area contributed by atoms with Crippen LogP contribution in [-0.2, 0) is 9.47 Å². The Kier molecular flexibility index (Phi) is 4.76. The Labute approximate surface area is 131 Å². The number of hydrazine groups is 1. The Hall–Kier alpha value is -1.43. The molecule has 2 heterocycles. The first-order chi connectivity index (χ1) is 10.7. The fraction of sp³-hybridized carbons (Fsp3) is 0.529. The molecule has 0 aliphatic carbocycles. The first-order valence-corrected chi connectivity index (χ1v) is 7.76. The lowest BCUT2D eigenvalue weighted by Gasteiger charge is -2.38. The summed E-state index contributed by atoms with van der Waals surface area (Å²) >= 11 is 0. The number of nitrogens with zero attached hydrogens (tertiary/aromatic N) is 2. The van der Waals surface area contributed by atoms with E-state index < -0.39 is 0 Å². The Morgan fingerprint density at radius 2 is 1.95 bits per heavy atom. The van der Waals surface area contributed by atoms with Gasteiger partial charge in [-0.2, -0.15) is 0 Å². The van der Waals surface area contributed by atoms with E-state index in [-0.39, 0.29) is 11.9 Å². The van der Waals surface area contributed by atoms with Gasteiger partial charge in [-0.1, -0.05) is 12.1 Å². The van der Waals surface area contributed by atoms with Crippen molar-refractivity contribution in [3.63, 3.8) is 0 Å². The molecule has 3 rings (SSSR count). The van der Waals surface area contributed by atoms with Crippen molar-refractivity contribution in [2.75, 3.05) is 33.9 Å². The van der Waals surface area contributed by atoms with Crippen molar-refractivity contribution in [2.45, 2.75) is 24.9 Å². The maximum absolute atomic E-state index is 13.2. The van der Waals surface area contributed by atoms with Gasteiger partial charge in [-0.3, -0.25) is 0 Å². The van der Waals surface area contributed by atoms with E-state index >= 15 is 0 Å². The monoisotopic (exact) mass is 306 g/mol. The zero-order valence-corrected chi connectivity index (χ0v) is 13.2. The third-order valence-corrected chi connectivity index (χ3v) is 4.50. The summed E-state index contributed by atoms with van der Waals surface area (Å²) in [6.45, 7) is 2.57. The van der Waals surface area contributed by atoms with E-state index in [9.17, 15) is 4.39 Å². The molecule has 4 nitrogen and oxygen atoms in total. The van der Waals surface area contributed by atoms with Crippen LogP contribution in [0.4, 0.5) is 4.39 Å². The Bertz CT molecular complexity index is 532. The van der Waals surface area contributed by atoms with E-state index in [4.69, 9.17) is 9.47 Å². The molecule has 1 fully saturated rings. The molecule has 0 aromatic heterocycles. The molecule has 0 N–H and O–H groups in total. The second-order valence-corrected chi connectivity index (χ2v) is 5.80. The minimum Gasteiger partial charge on any atom is -0.499 e. The quantitative estimate of drug-likeness (QED) is 0.835. The van der Waals surface area contributed by atoms with Crippen LogP contribution in [0.5, 0.6) is 0 Å². The number of hydrogen-bond donors (Lipinski definition) is 0. The molecule has 2 aliphatic heterocycles. The minimum atomic E-state index is -0.213. The van der Waals surface area contributed by atoms with Gasteiger partial charge in [-0.15, -0.1) is 0 Å². The molecule has 0 spiro atoms. The highest BCUT2D eigenvalue weighted by molar-refractivity contribution is 5.29. The lowest BCUT2D eigenvalue weighted by atomic mass is 10.1. The molecule has 22 heavy (non-hydrogen) atoms. The van der Waals surface area contributed by atoms with Gasteiger partial charge < -0.3 is 9.47 Å². The molecule has 5 heteroatoms. The van der Waals surface area contributed by atoms with Gasteiger partial charge in [0.05, 0.1) is 13.7 Å². The predicted molar refractivity (Wildman–Crippen MR) is 82.5 cm³/mol. The number of methoxy groups -OCH3 is 2. The molecule has 1 aromatic rings. The molecule has 0 saturated carbocycles. The van der Waals surface area contributed by atoms with E-state index in [1.165, 1.54) is 18.6 Å². The highest BCUT2D eigenvalue weighted by atomic mass is 19.1. The molecular formula is C17H23FN2O2. The lowest BCUT2D eigenvalue weighted by molar-refractivity contribution is -0.0692. The molecule has 0 amide bonds. The number of hydrogen-bond acceptors (Lipinski definition) is 4. The average Bonchev–Trinajstić information content (AvgIpc) is 3.14.